The third kappa shape index (κ3) is 4.40. The highest BCUT2D eigenvalue weighted by Crippen LogP contribution is 2.38. The van der Waals surface area contributed by atoms with Crippen LogP contribution in [0.25, 0.3) is 0 Å². The van der Waals surface area contributed by atoms with Crippen LogP contribution in [-0.2, 0) is 17.8 Å². The summed E-state index contributed by atoms with van der Waals surface area (Å²) < 4.78 is 15.8. The van der Waals surface area contributed by atoms with Crippen LogP contribution < -0.4 is 10.5 Å². The Kier molecular flexibility index (Phi) is 5.88. The number of nitrogens with two attached hydrogens (primary N) is 1. The van der Waals surface area contributed by atoms with Gasteiger partial charge in [0.15, 0.2) is 6.61 Å². The number of esters is 1. The van der Waals surface area contributed by atoms with Gasteiger partial charge in [-0.25, -0.2) is 4.79 Å². The topological polar surface area (TPSA) is 100 Å². The minimum Gasteiger partial charge on any atom is -0.485 e. The van der Waals surface area contributed by atoms with Crippen molar-refractivity contribution in [3.05, 3.63) is 41.5 Å². The molecule has 1 aromatic heterocycles. The van der Waals surface area contributed by atoms with Crippen molar-refractivity contribution in [1.29, 1.82) is 0 Å². The summed E-state index contributed by atoms with van der Waals surface area (Å²) in [6, 6.07) is 6.79. The largest absolute Gasteiger partial charge is 0.485 e. The lowest BCUT2D eigenvalue weighted by Gasteiger charge is -2.34. The second kappa shape index (κ2) is 8.31. The standard InChI is InChI=1S/C19H25N3O4/c1-24-18(23)14-6-5-7-15(10-14)25-12-16-21-17(26-22-16)11-19(13-20)8-3-2-4-9-19/h5-7,10H,2-4,8-9,11-13,20H2,1H3. The van der Waals surface area contributed by atoms with Gasteiger partial charge in [0, 0.05) is 6.42 Å². The summed E-state index contributed by atoms with van der Waals surface area (Å²) in [4.78, 5) is 16.0. The number of hydrogen-bond donors (Lipinski definition) is 1. The van der Waals surface area contributed by atoms with E-state index >= 15 is 0 Å². The molecule has 1 aromatic carbocycles. The minimum atomic E-state index is -0.406. The molecule has 26 heavy (non-hydrogen) atoms. The van der Waals surface area contributed by atoms with Crippen molar-refractivity contribution < 1.29 is 18.8 Å². The summed E-state index contributed by atoms with van der Waals surface area (Å²) in [5.74, 6) is 1.23. The zero-order valence-electron chi connectivity index (χ0n) is 15.1. The van der Waals surface area contributed by atoms with Crippen molar-refractivity contribution in [2.24, 2.45) is 11.1 Å². The summed E-state index contributed by atoms with van der Waals surface area (Å²) in [6.07, 6.45) is 6.62. The lowest BCUT2D eigenvalue weighted by molar-refractivity contribution is 0.0600. The maximum absolute atomic E-state index is 11.6. The van der Waals surface area contributed by atoms with Crippen LogP contribution in [-0.4, -0.2) is 29.8 Å². The van der Waals surface area contributed by atoms with Gasteiger partial charge in [0.2, 0.25) is 11.7 Å². The van der Waals surface area contributed by atoms with E-state index in [-0.39, 0.29) is 12.0 Å². The maximum atomic E-state index is 11.6. The first-order valence-corrected chi connectivity index (χ1v) is 8.97. The minimum absolute atomic E-state index is 0.0811. The van der Waals surface area contributed by atoms with Gasteiger partial charge in [-0.2, -0.15) is 4.98 Å². The fraction of sp³-hybridized carbons (Fsp3) is 0.526. The Morgan fingerprint density at radius 3 is 2.85 bits per heavy atom. The third-order valence-corrected chi connectivity index (χ3v) is 5.01. The third-order valence-electron chi connectivity index (χ3n) is 5.01. The first-order valence-electron chi connectivity index (χ1n) is 8.97. The van der Waals surface area contributed by atoms with Gasteiger partial charge in [0.1, 0.15) is 5.75 Å². The fourth-order valence-corrected chi connectivity index (χ4v) is 3.47. The average Bonchev–Trinajstić information content (AvgIpc) is 3.13. The number of carbonyl (C=O) groups excluding carboxylic acids is 1. The van der Waals surface area contributed by atoms with E-state index in [1.165, 1.54) is 26.4 Å². The molecule has 140 valence electrons. The number of hydrogen-bond acceptors (Lipinski definition) is 7. The van der Waals surface area contributed by atoms with Gasteiger partial charge in [-0.3, -0.25) is 0 Å². The van der Waals surface area contributed by atoms with E-state index in [0.29, 0.717) is 36.0 Å². The average molecular weight is 359 g/mol. The molecular formula is C19H25N3O4. The number of rotatable bonds is 7. The molecule has 1 aliphatic rings. The molecule has 0 atom stereocenters. The lowest BCUT2D eigenvalue weighted by Crippen LogP contribution is -2.35. The van der Waals surface area contributed by atoms with Crippen molar-refractivity contribution >= 4 is 5.97 Å². The van der Waals surface area contributed by atoms with Crippen molar-refractivity contribution in [3.63, 3.8) is 0 Å². The van der Waals surface area contributed by atoms with Crippen LogP contribution >= 0.6 is 0 Å². The summed E-state index contributed by atoms with van der Waals surface area (Å²) in [7, 11) is 1.34. The number of methoxy groups -OCH3 is 1. The van der Waals surface area contributed by atoms with Gasteiger partial charge < -0.3 is 19.7 Å². The molecule has 3 rings (SSSR count). The van der Waals surface area contributed by atoms with Crippen molar-refractivity contribution in [2.45, 2.75) is 45.1 Å². The van der Waals surface area contributed by atoms with Crippen molar-refractivity contribution in [2.75, 3.05) is 13.7 Å². The molecular weight excluding hydrogens is 334 g/mol. The Morgan fingerprint density at radius 2 is 2.12 bits per heavy atom. The van der Waals surface area contributed by atoms with Crippen LogP contribution in [0.1, 0.15) is 54.2 Å². The Hall–Kier alpha value is -2.41. The molecule has 1 aliphatic carbocycles. The summed E-state index contributed by atoms with van der Waals surface area (Å²) in [6.45, 7) is 0.811. The predicted octanol–water partition coefficient (Wildman–Crippen LogP) is 2.89. The fourth-order valence-electron chi connectivity index (χ4n) is 3.47. The summed E-state index contributed by atoms with van der Waals surface area (Å²) >= 11 is 0. The molecule has 0 unspecified atom stereocenters. The van der Waals surface area contributed by atoms with E-state index in [4.69, 9.17) is 19.7 Å². The Bertz CT molecular complexity index is 738. The van der Waals surface area contributed by atoms with E-state index < -0.39 is 5.97 Å². The van der Waals surface area contributed by atoms with E-state index in [9.17, 15) is 4.79 Å². The molecule has 7 heteroatoms. The quantitative estimate of drug-likeness (QED) is 0.759. The predicted molar refractivity (Wildman–Crippen MR) is 94.7 cm³/mol. The summed E-state index contributed by atoms with van der Waals surface area (Å²) in [5, 5.41) is 3.99. The highest BCUT2D eigenvalue weighted by atomic mass is 16.5. The van der Waals surface area contributed by atoms with Gasteiger partial charge >= 0.3 is 5.97 Å². The van der Waals surface area contributed by atoms with E-state index in [1.54, 1.807) is 24.3 Å². The molecule has 0 spiro atoms. The molecule has 7 nitrogen and oxygen atoms in total. The van der Waals surface area contributed by atoms with E-state index in [0.717, 1.165) is 12.8 Å². The number of nitrogens with zero attached hydrogens (tertiary/aromatic N) is 2. The Balaban J connectivity index is 1.59. The zero-order chi connectivity index (χ0) is 18.4. The number of carbonyl (C=O) groups is 1. The summed E-state index contributed by atoms with van der Waals surface area (Å²) in [5.41, 5.74) is 6.54. The maximum Gasteiger partial charge on any atom is 0.337 e. The lowest BCUT2D eigenvalue weighted by atomic mass is 9.72. The molecule has 0 bridgehead atoms. The van der Waals surface area contributed by atoms with Crippen LogP contribution in [0.4, 0.5) is 0 Å². The Morgan fingerprint density at radius 1 is 1.31 bits per heavy atom. The molecule has 0 saturated heterocycles. The van der Waals surface area contributed by atoms with Gasteiger partial charge in [0.25, 0.3) is 0 Å². The number of benzene rings is 1. The molecule has 2 N–H and O–H groups in total. The normalized spacial score (nSPS) is 16.2. The molecule has 0 radical (unpaired) electrons. The van der Waals surface area contributed by atoms with E-state index in [2.05, 4.69) is 10.1 Å². The molecule has 1 fully saturated rings. The van der Waals surface area contributed by atoms with Gasteiger partial charge in [-0.1, -0.05) is 30.5 Å². The van der Waals surface area contributed by atoms with E-state index in [1.807, 2.05) is 0 Å². The van der Waals surface area contributed by atoms with Crippen LogP contribution in [0.15, 0.2) is 28.8 Å². The number of ether oxygens (including phenoxy) is 2. The van der Waals surface area contributed by atoms with Crippen LogP contribution in [0.3, 0.4) is 0 Å². The highest BCUT2D eigenvalue weighted by Gasteiger charge is 2.32. The Labute approximate surface area is 152 Å². The molecule has 0 aliphatic heterocycles. The first-order chi connectivity index (χ1) is 12.6. The molecule has 1 saturated carbocycles. The zero-order valence-corrected chi connectivity index (χ0v) is 15.1. The second-order valence-corrected chi connectivity index (χ2v) is 6.85. The highest BCUT2D eigenvalue weighted by molar-refractivity contribution is 5.89. The monoisotopic (exact) mass is 359 g/mol. The first kappa shape index (κ1) is 18.4. The van der Waals surface area contributed by atoms with Gasteiger partial charge in [-0.15, -0.1) is 0 Å². The van der Waals surface area contributed by atoms with Crippen LogP contribution in [0.2, 0.25) is 0 Å². The molecule has 0 amide bonds. The molecule has 2 aromatic rings. The van der Waals surface area contributed by atoms with Crippen LogP contribution in [0.5, 0.6) is 5.75 Å². The second-order valence-electron chi connectivity index (χ2n) is 6.85. The smallest absolute Gasteiger partial charge is 0.337 e. The van der Waals surface area contributed by atoms with Crippen molar-refractivity contribution in [3.8, 4) is 5.75 Å². The van der Waals surface area contributed by atoms with Crippen LogP contribution in [0, 0.1) is 5.41 Å². The SMILES string of the molecule is COC(=O)c1cccc(OCc2noc(CC3(CN)CCCCC3)n2)c1. The van der Waals surface area contributed by atoms with Gasteiger partial charge in [-0.05, 0) is 43.0 Å². The van der Waals surface area contributed by atoms with Crippen molar-refractivity contribution in [1.82, 2.24) is 10.1 Å². The number of aromatic nitrogens is 2. The molecule has 1 heterocycles. The van der Waals surface area contributed by atoms with Gasteiger partial charge in [0.05, 0.1) is 12.7 Å².